The van der Waals surface area contributed by atoms with Gasteiger partial charge in [-0.25, -0.2) is 4.79 Å². The van der Waals surface area contributed by atoms with E-state index in [0.29, 0.717) is 25.9 Å². The summed E-state index contributed by atoms with van der Waals surface area (Å²) in [5.74, 6) is 0.0645. The zero-order valence-electron chi connectivity index (χ0n) is 11.2. The van der Waals surface area contributed by atoms with Crippen LogP contribution in [0, 0.1) is 5.41 Å². The molecule has 0 aromatic heterocycles. The van der Waals surface area contributed by atoms with E-state index in [2.05, 4.69) is 5.32 Å². The average Bonchev–Trinajstić information content (AvgIpc) is 2.74. The number of carboxylic acids is 1. The van der Waals surface area contributed by atoms with Crippen molar-refractivity contribution in [2.24, 2.45) is 5.41 Å². The quantitative estimate of drug-likeness (QED) is 0.799. The summed E-state index contributed by atoms with van der Waals surface area (Å²) in [6, 6.07) is -0.0397. The van der Waals surface area contributed by atoms with Crippen molar-refractivity contribution in [3.05, 3.63) is 0 Å². The molecule has 18 heavy (non-hydrogen) atoms. The molecule has 0 aliphatic carbocycles. The van der Waals surface area contributed by atoms with Crippen molar-refractivity contribution >= 4 is 23.8 Å². The van der Waals surface area contributed by atoms with Gasteiger partial charge in [-0.15, -0.1) is 0 Å². The molecule has 2 N–H and O–H groups in total. The summed E-state index contributed by atoms with van der Waals surface area (Å²) < 4.78 is 0. The van der Waals surface area contributed by atoms with Crippen LogP contribution in [-0.2, 0) is 4.79 Å². The second-order valence-corrected chi connectivity index (χ2v) is 5.83. The standard InChI is InChI=1S/C12H22N2O3S/c1-4-12(10(15)16)5-6-14(8-12)11(17)13-9(2)7-18-3/h9H,4-8H2,1-3H3,(H,13,17)(H,15,16). The first-order valence-electron chi connectivity index (χ1n) is 6.23. The van der Waals surface area contributed by atoms with Crippen molar-refractivity contribution in [1.29, 1.82) is 0 Å². The first kappa shape index (κ1) is 15.1. The fourth-order valence-electron chi connectivity index (χ4n) is 2.25. The van der Waals surface area contributed by atoms with Crippen LogP contribution < -0.4 is 5.32 Å². The SMILES string of the molecule is CCC1(C(=O)O)CCN(C(=O)NC(C)CSC)C1. The maximum atomic E-state index is 12.0. The summed E-state index contributed by atoms with van der Waals surface area (Å²) in [5, 5.41) is 12.2. The van der Waals surface area contributed by atoms with E-state index in [1.807, 2.05) is 20.1 Å². The van der Waals surface area contributed by atoms with Crippen molar-refractivity contribution < 1.29 is 14.7 Å². The van der Waals surface area contributed by atoms with Crippen LogP contribution in [-0.4, -0.2) is 53.1 Å². The largest absolute Gasteiger partial charge is 0.481 e. The van der Waals surface area contributed by atoms with Gasteiger partial charge in [0, 0.05) is 24.9 Å². The molecule has 1 aliphatic rings. The Hall–Kier alpha value is -0.910. The molecular weight excluding hydrogens is 252 g/mol. The van der Waals surface area contributed by atoms with Crippen LogP contribution in [0.3, 0.4) is 0 Å². The van der Waals surface area contributed by atoms with Crippen molar-refractivity contribution in [2.45, 2.75) is 32.7 Å². The zero-order valence-corrected chi connectivity index (χ0v) is 12.0. The molecule has 0 radical (unpaired) electrons. The van der Waals surface area contributed by atoms with Crippen molar-refractivity contribution in [2.75, 3.05) is 25.1 Å². The number of rotatable bonds is 5. The monoisotopic (exact) mass is 274 g/mol. The molecule has 0 saturated carbocycles. The first-order valence-corrected chi connectivity index (χ1v) is 7.62. The van der Waals surface area contributed by atoms with Gasteiger partial charge in [-0.3, -0.25) is 4.79 Å². The summed E-state index contributed by atoms with van der Waals surface area (Å²) in [5.41, 5.74) is -0.750. The van der Waals surface area contributed by atoms with Crippen molar-refractivity contribution in [3.8, 4) is 0 Å². The Morgan fingerprint density at radius 1 is 1.56 bits per heavy atom. The number of likely N-dealkylation sites (tertiary alicyclic amines) is 1. The number of carbonyl (C=O) groups is 2. The lowest BCUT2D eigenvalue weighted by Gasteiger charge is -2.24. The van der Waals surface area contributed by atoms with Crippen molar-refractivity contribution in [3.63, 3.8) is 0 Å². The number of nitrogens with zero attached hydrogens (tertiary/aromatic N) is 1. The average molecular weight is 274 g/mol. The number of aliphatic carboxylic acids is 1. The Kier molecular flexibility index (Phi) is 5.31. The summed E-state index contributed by atoms with van der Waals surface area (Å²) in [6.45, 7) is 4.66. The van der Waals surface area contributed by atoms with Crippen LogP contribution in [0.4, 0.5) is 4.79 Å². The normalized spacial score (nSPS) is 24.9. The molecule has 1 aliphatic heterocycles. The molecule has 1 heterocycles. The number of carboxylic acid groups (broad SMARTS) is 1. The van der Waals surface area contributed by atoms with Crippen LogP contribution >= 0.6 is 11.8 Å². The predicted octanol–water partition coefficient (Wildman–Crippen LogP) is 1.63. The van der Waals surface area contributed by atoms with Gasteiger partial charge in [0.2, 0.25) is 0 Å². The van der Waals surface area contributed by atoms with Crippen LogP contribution in [0.1, 0.15) is 26.7 Å². The lowest BCUT2D eigenvalue weighted by molar-refractivity contribution is -0.148. The number of nitrogens with one attached hydrogen (secondary N) is 1. The Morgan fingerprint density at radius 2 is 2.22 bits per heavy atom. The Balaban J connectivity index is 2.55. The van der Waals surface area contributed by atoms with Crippen LogP contribution in [0.2, 0.25) is 0 Å². The molecule has 104 valence electrons. The number of carbonyl (C=O) groups excluding carboxylic acids is 1. The zero-order chi connectivity index (χ0) is 13.8. The number of thioether (sulfide) groups is 1. The molecule has 2 amide bonds. The highest BCUT2D eigenvalue weighted by Crippen LogP contribution is 2.34. The fraction of sp³-hybridized carbons (Fsp3) is 0.833. The second-order valence-electron chi connectivity index (χ2n) is 4.92. The number of hydrogen-bond acceptors (Lipinski definition) is 3. The highest BCUT2D eigenvalue weighted by molar-refractivity contribution is 7.98. The number of amides is 2. The van der Waals surface area contributed by atoms with E-state index < -0.39 is 11.4 Å². The fourth-order valence-corrected chi connectivity index (χ4v) is 2.84. The molecule has 2 unspecified atom stereocenters. The van der Waals surface area contributed by atoms with Gasteiger partial charge in [-0.05, 0) is 26.0 Å². The highest BCUT2D eigenvalue weighted by atomic mass is 32.2. The molecule has 5 nitrogen and oxygen atoms in total. The molecule has 0 spiro atoms. The molecule has 0 aromatic rings. The number of urea groups is 1. The second kappa shape index (κ2) is 6.31. The molecule has 1 fully saturated rings. The first-order chi connectivity index (χ1) is 8.45. The van der Waals surface area contributed by atoms with Gasteiger partial charge in [0.05, 0.1) is 5.41 Å². The van der Waals surface area contributed by atoms with Crippen LogP contribution in [0.25, 0.3) is 0 Å². The molecule has 2 atom stereocenters. The number of hydrogen-bond donors (Lipinski definition) is 2. The van der Waals surface area contributed by atoms with E-state index in [9.17, 15) is 14.7 Å². The van der Waals surface area contributed by atoms with E-state index in [1.165, 1.54) is 0 Å². The van der Waals surface area contributed by atoms with E-state index in [1.54, 1.807) is 16.7 Å². The Bertz CT molecular complexity index is 324. The third-order valence-electron chi connectivity index (χ3n) is 3.56. The third kappa shape index (κ3) is 3.31. The maximum absolute atomic E-state index is 12.0. The molecule has 1 rings (SSSR count). The van der Waals surface area contributed by atoms with Gasteiger partial charge in [-0.2, -0.15) is 11.8 Å². The Labute approximate surface area is 112 Å². The van der Waals surface area contributed by atoms with Gasteiger partial charge in [0.15, 0.2) is 0 Å². The van der Waals surface area contributed by atoms with Gasteiger partial charge < -0.3 is 15.3 Å². The minimum absolute atomic E-state index is 0.106. The van der Waals surface area contributed by atoms with Gasteiger partial charge in [-0.1, -0.05) is 6.92 Å². The van der Waals surface area contributed by atoms with Crippen LogP contribution in [0.15, 0.2) is 0 Å². The molecular formula is C12H22N2O3S. The lowest BCUT2D eigenvalue weighted by Crippen LogP contribution is -2.45. The van der Waals surface area contributed by atoms with E-state index >= 15 is 0 Å². The van der Waals surface area contributed by atoms with E-state index in [-0.39, 0.29) is 12.1 Å². The van der Waals surface area contributed by atoms with Gasteiger partial charge in [0.1, 0.15) is 0 Å². The lowest BCUT2D eigenvalue weighted by atomic mass is 9.84. The van der Waals surface area contributed by atoms with E-state index in [0.717, 1.165) is 5.75 Å². The maximum Gasteiger partial charge on any atom is 0.317 e. The minimum Gasteiger partial charge on any atom is -0.481 e. The van der Waals surface area contributed by atoms with Crippen molar-refractivity contribution in [1.82, 2.24) is 10.2 Å². The summed E-state index contributed by atoms with van der Waals surface area (Å²) in [6.07, 6.45) is 3.10. The smallest absolute Gasteiger partial charge is 0.317 e. The highest BCUT2D eigenvalue weighted by Gasteiger charge is 2.44. The minimum atomic E-state index is -0.794. The van der Waals surface area contributed by atoms with Gasteiger partial charge >= 0.3 is 12.0 Å². The van der Waals surface area contributed by atoms with E-state index in [4.69, 9.17) is 0 Å². The molecule has 6 heteroatoms. The predicted molar refractivity (Wildman–Crippen MR) is 72.9 cm³/mol. The summed E-state index contributed by atoms with van der Waals surface area (Å²) in [4.78, 5) is 24.9. The van der Waals surface area contributed by atoms with Gasteiger partial charge in [0.25, 0.3) is 0 Å². The van der Waals surface area contributed by atoms with Crippen LogP contribution in [0.5, 0.6) is 0 Å². The molecule has 1 saturated heterocycles. The summed E-state index contributed by atoms with van der Waals surface area (Å²) >= 11 is 1.68. The molecule has 0 bridgehead atoms. The molecule has 0 aromatic carbocycles. The topological polar surface area (TPSA) is 69.6 Å². The third-order valence-corrected chi connectivity index (χ3v) is 4.39. The summed E-state index contributed by atoms with van der Waals surface area (Å²) in [7, 11) is 0. The Morgan fingerprint density at radius 3 is 2.67 bits per heavy atom.